The van der Waals surface area contributed by atoms with Crippen LogP contribution in [0.4, 0.5) is 5.82 Å². The van der Waals surface area contributed by atoms with Gasteiger partial charge in [-0.15, -0.1) is 0 Å². The molecule has 0 saturated carbocycles. The third-order valence-corrected chi connectivity index (χ3v) is 7.89. The Morgan fingerprint density at radius 2 is 1.79 bits per heavy atom. The summed E-state index contributed by atoms with van der Waals surface area (Å²) in [5, 5.41) is 19.5. The van der Waals surface area contributed by atoms with Crippen molar-refractivity contribution in [3.63, 3.8) is 0 Å². The number of hydrogen-bond donors (Lipinski definition) is 2. The predicted octanol–water partition coefficient (Wildman–Crippen LogP) is 5.00. The van der Waals surface area contributed by atoms with Gasteiger partial charge in [0, 0.05) is 5.56 Å². The highest BCUT2D eigenvalue weighted by Gasteiger charge is 2.44. The van der Waals surface area contributed by atoms with Gasteiger partial charge in [0.25, 0.3) is 0 Å². The van der Waals surface area contributed by atoms with Crippen LogP contribution in [-0.2, 0) is 9.84 Å². The molecule has 0 unspecified atom stereocenters. The Morgan fingerprint density at radius 3 is 2.55 bits per heavy atom. The number of halogens is 1. The lowest BCUT2D eigenvalue weighted by molar-refractivity contribution is -0.0534. The average molecular weight is 485 g/mol. The molecule has 2 atom stereocenters. The third kappa shape index (κ3) is 3.64. The van der Waals surface area contributed by atoms with Crippen LogP contribution in [-0.4, -0.2) is 30.4 Å². The monoisotopic (exact) mass is 484 g/mol. The largest absolute Gasteiger partial charge is 0.485 e. The van der Waals surface area contributed by atoms with Crippen LogP contribution in [0, 0.1) is 0 Å². The number of fused-ring (bicyclic) bond motifs is 2. The van der Waals surface area contributed by atoms with Crippen molar-refractivity contribution in [2.75, 3.05) is 5.32 Å². The smallest absolute Gasteiger partial charge is 0.206 e. The molecule has 0 fully saturated rings. The summed E-state index contributed by atoms with van der Waals surface area (Å²) >= 11 is 6.20. The van der Waals surface area contributed by atoms with E-state index in [1.807, 2.05) is 0 Å². The second-order valence-corrected chi connectivity index (χ2v) is 10.8. The quantitative estimate of drug-likeness (QED) is 0.420. The Morgan fingerprint density at radius 1 is 1.03 bits per heavy atom. The molecule has 33 heavy (non-hydrogen) atoms. The van der Waals surface area contributed by atoms with E-state index in [0.29, 0.717) is 33.1 Å². The number of aromatic nitrogens is 1. The summed E-state index contributed by atoms with van der Waals surface area (Å²) in [6.07, 6.45) is -1.02. The molecule has 0 bridgehead atoms. The number of sulfone groups is 1. The van der Waals surface area contributed by atoms with Crippen LogP contribution >= 0.6 is 11.6 Å². The molecule has 0 amide bonds. The van der Waals surface area contributed by atoms with Crippen molar-refractivity contribution in [1.82, 2.24) is 5.16 Å². The molecule has 0 spiro atoms. The zero-order valence-corrected chi connectivity index (χ0v) is 19.4. The van der Waals surface area contributed by atoms with Crippen LogP contribution in [0.5, 0.6) is 5.75 Å². The summed E-state index contributed by atoms with van der Waals surface area (Å²) in [6.45, 7) is 3.53. The van der Waals surface area contributed by atoms with E-state index in [-0.39, 0.29) is 9.79 Å². The van der Waals surface area contributed by atoms with Crippen LogP contribution in [0.1, 0.15) is 25.5 Å². The van der Waals surface area contributed by atoms with Crippen molar-refractivity contribution >= 4 is 38.2 Å². The minimum absolute atomic E-state index is 0.0998. The van der Waals surface area contributed by atoms with Gasteiger partial charge in [-0.3, -0.25) is 0 Å². The number of rotatable bonds is 4. The standard InChI is InChI=1S/C24H21ClN2O5S/c1-24(2)22(28)20(26-23-16-9-6-10-18(25)21(16)32-27-23)17-13-15(11-12-19(17)31-24)33(29,30)14-7-4-3-5-8-14/h3-13,20,22,28H,1-2H3,(H,26,27)/t20-,22+/m1/s1. The molecule has 7 nitrogen and oxygen atoms in total. The number of benzene rings is 3. The van der Waals surface area contributed by atoms with Gasteiger partial charge in [-0.05, 0) is 56.3 Å². The van der Waals surface area contributed by atoms with Crippen LogP contribution < -0.4 is 10.1 Å². The maximum Gasteiger partial charge on any atom is 0.206 e. The lowest BCUT2D eigenvalue weighted by atomic mass is 9.86. The van der Waals surface area contributed by atoms with Gasteiger partial charge in [0.05, 0.1) is 26.2 Å². The minimum atomic E-state index is -3.76. The molecule has 4 aromatic rings. The van der Waals surface area contributed by atoms with Gasteiger partial charge in [-0.1, -0.05) is 41.0 Å². The normalized spacial score (nSPS) is 19.6. The Labute approximate surface area is 195 Å². The molecule has 9 heteroatoms. The van der Waals surface area contributed by atoms with Gasteiger partial charge in [0.2, 0.25) is 9.84 Å². The number of hydrogen-bond acceptors (Lipinski definition) is 7. The Bertz CT molecular complexity index is 1450. The fourth-order valence-corrected chi connectivity index (χ4v) is 5.54. The highest BCUT2D eigenvalue weighted by atomic mass is 35.5. The van der Waals surface area contributed by atoms with Crippen molar-refractivity contribution in [3.05, 3.63) is 77.3 Å². The van der Waals surface area contributed by atoms with Crippen LogP contribution in [0.3, 0.4) is 0 Å². The number of para-hydroxylation sites is 1. The third-order valence-electron chi connectivity index (χ3n) is 5.82. The second-order valence-electron chi connectivity index (χ2n) is 8.44. The van der Waals surface area contributed by atoms with Gasteiger partial charge < -0.3 is 19.7 Å². The molecule has 0 saturated heterocycles. The molecule has 1 aliphatic heterocycles. The van der Waals surface area contributed by atoms with Crippen molar-refractivity contribution in [3.8, 4) is 5.75 Å². The molecular formula is C24H21ClN2O5S. The molecule has 3 aromatic carbocycles. The number of anilines is 1. The van der Waals surface area contributed by atoms with Crippen molar-refractivity contribution in [2.45, 2.75) is 41.4 Å². The van der Waals surface area contributed by atoms with Crippen LogP contribution in [0.2, 0.25) is 5.02 Å². The van der Waals surface area contributed by atoms with Gasteiger partial charge >= 0.3 is 0 Å². The van der Waals surface area contributed by atoms with Gasteiger partial charge in [0.1, 0.15) is 17.5 Å². The first-order chi connectivity index (χ1) is 15.7. The highest BCUT2D eigenvalue weighted by Crippen LogP contribution is 2.43. The van der Waals surface area contributed by atoms with Gasteiger partial charge in [0.15, 0.2) is 11.4 Å². The van der Waals surface area contributed by atoms with Crippen LogP contribution in [0.15, 0.2) is 81.0 Å². The predicted molar refractivity (Wildman–Crippen MR) is 124 cm³/mol. The highest BCUT2D eigenvalue weighted by molar-refractivity contribution is 7.91. The number of aliphatic hydroxyl groups excluding tert-OH is 1. The summed E-state index contributed by atoms with van der Waals surface area (Å²) in [7, 11) is -3.76. The summed E-state index contributed by atoms with van der Waals surface area (Å²) in [4.78, 5) is 0.284. The maximum atomic E-state index is 13.2. The average Bonchev–Trinajstić information content (AvgIpc) is 3.21. The summed E-state index contributed by atoms with van der Waals surface area (Å²) in [5.41, 5.74) is -0.0260. The van der Waals surface area contributed by atoms with Crippen LogP contribution in [0.25, 0.3) is 11.0 Å². The van der Waals surface area contributed by atoms with E-state index < -0.39 is 27.6 Å². The fourth-order valence-electron chi connectivity index (χ4n) is 4.02. The van der Waals surface area contributed by atoms with Gasteiger partial charge in [-0.25, -0.2) is 8.42 Å². The molecule has 0 radical (unpaired) electrons. The molecule has 170 valence electrons. The molecule has 2 heterocycles. The molecule has 0 aliphatic carbocycles. The molecule has 5 rings (SSSR count). The van der Waals surface area contributed by atoms with Crippen molar-refractivity contribution in [2.24, 2.45) is 0 Å². The summed E-state index contributed by atoms with van der Waals surface area (Å²) in [5.74, 6) is 0.858. The van der Waals surface area contributed by atoms with E-state index >= 15 is 0 Å². The topological polar surface area (TPSA) is 102 Å². The zero-order chi connectivity index (χ0) is 23.4. The van der Waals surface area contributed by atoms with E-state index in [0.717, 1.165) is 0 Å². The first-order valence-electron chi connectivity index (χ1n) is 10.3. The van der Waals surface area contributed by atoms with E-state index in [2.05, 4.69) is 10.5 Å². The van der Waals surface area contributed by atoms with E-state index in [1.54, 1.807) is 68.4 Å². The Balaban J connectivity index is 1.62. The number of nitrogens with one attached hydrogen (secondary N) is 1. The first-order valence-corrected chi connectivity index (χ1v) is 12.2. The van der Waals surface area contributed by atoms with E-state index in [9.17, 15) is 13.5 Å². The molecule has 1 aliphatic rings. The lowest BCUT2D eigenvalue weighted by Crippen LogP contribution is -2.50. The van der Waals surface area contributed by atoms with Gasteiger partial charge in [-0.2, -0.15) is 0 Å². The molecular weight excluding hydrogens is 464 g/mol. The van der Waals surface area contributed by atoms with E-state index in [4.69, 9.17) is 20.9 Å². The number of aliphatic hydroxyl groups is 1. The summed E-state index contributed by atoms with van der Waals surface area (Å²) in [6, 6.07) is 17.4. The van der Waals surface area contributed by atoms with Crippen molar-refractivity contribution in [1.29, 1.82) is 0 Å². The number of ether oxygens (including phenoxy) is 1. The molecule has 1 aromatic heterocycles. The van der Waals surface area contributed by atoms with E-state index in [1.165, 1.54) is 12.1 Å². The van der Waals surface area contributed by atoms with Crippen molar-refractivity contribution < 1.29 is 22.8 Å². The Hall–Kier alpha value is -3.07. The second kappa shape index (κ2) is 7.76. The minimum Gasteiger partial charge on any atom is -0.485 e. The number of nitrogens with zero attached hydrogens (tertiary/aromatic N) is 1. The maximum absolute atomic E-state index is 13.2. The Kier molecular flexibility index (Phi) is 5.12. The zero-order valence-electron chi connectivity index (χ0n) is 17.8. The molecule has 2 N–H and O–H groups in total. The first kappa shape index (κ1) is 21.8. The fraction of sp³-hybridized carbons (Fsp3) is 0.208. The SMILES string of the molecule is CC1(C)Oc2ccc(S(=O)(=O)c3ccccc3)cc2[C@@H](Nc2noc3c(Cl)cccc23)[C@@H]1O. The lowest BCUT2D eigenvalue weighted by Gasteiger charge is -2.42. The summed E-state index contributed by atoms with van der Waals surface area (Å²) < 4.78 is 37.8.